The maximum absolute atomic E-state index is 5.06. The highest BCUT2D eigenvalue weighted by atomic mass is 15.4. The van der Waals surface area contributed by atoms with Crippen LogP contribution in [0, 0.1) is 0 Å². The Morgan fingerprint density at radius 3 is 1.86 bits per heavy atom. The van der Waals surface area contributed by atoms with Crippen LogP contribution in [0.2, 0.25) is 0 Å². The molecule has 0 N–H and O–H groups in total. The van der Waals surface area contributed by atoms with Gasteiger partial charge in [-0.05, 0) is 19.7 Å². The second kappa shape index (κ2) is 8.19. The maximum atomic E-state index is 5.06. The largest absolute Gasteiger partial charge is 0.317 e. The summed E-state index contributed by atoms with van der Waals surface area (Å²) in [7, 11) is 4.14. The molecule has 0 aromatic heterocycles. The van der Waals surface area contributed by atoms with Gasteiger partial charge in [-0.15, -0.1) is 0 Å². The lowest BCUT2D eigenvalue weighted by Crippen LogP contribution is -2.43. The van der Waals surface area contributed by atoms with Gasteiger partial charge in [0.25, 0.3) is 0 Å². The van der Waals surface area contributed by atoms with Crippen LogP contribution in [0.1, 0.15) is 22.9 Å². The van der Waals surface area contributed by atoms with Gasteiger partial charge in [0, 0.05) is 11.1 Å². The number of amidine groups is 2. The van der Waals surface area contributed by atoms with Crippen molar-refractivity contribution in [3.63, 3.8) is 0 Å². The van der Waals surface area contributed by atoms with Crippen molar-refractivity contribution in [2.75, 3.05) is 20.8 Å². The van der Waals surface area contributed by atoms with Gasteiger partial charge in [0.1, 0.15) is 5.84 Å². The maximum Gasteiger partial charge on any atom is 0.159 e. The summed E-state index contributed by atoms with van der Waals surface area (Å²) in [5.74, 6) is 1.71. The molecule has 4 rings (SSSR count). The number of hydrogen-bond donors (Lipinski definition) is 0. The number of nitrogens with zero attached hydrogens (tertiary/aromatic N) is 4. The van der Waals surface area contributed by atoms with Crippen molar-refractivity contribution in [2.45, 2.75) is 6.17 Å². The van der Waals surface area contributed by atoms with Crippen molar-refractivity contribution in [3.05, 3.63) is 108 Å². The van der Waals surface area contributed by atoms with Crippen molar-refractivity contribution < 1.29 is 0 Å². The first-order valence-corrected chi connectivity index (χ1v) is 9.46. The second-order valence-electron chi connectivity index (χ2n) is 7.10. The number of hydrogen-bond acceptors (Lipinski definition) is 4. The molecular weight excluding hydrogens is 344 g/mol. The van der Waals surface area contributed by atoms with E-state index in [9.17, 15) is 0 Å². The van der Waals surface area contributed by atoms with Crippen molar-refractivity contribution >= 4 is 11.7 Å². The Bertz CT molecular complexity index is 963. The zero-order valence-electron chi connectivity index (χ0n) is 16.2. The van der Waals surface area contributed by atoms with Crippen molar-refractivity contribution in [1.82, 2.24) is 9.80 Å². The summed E-state index contributed by atoms with van der Waals surface area (Å²) in [6, 6.07) is 31.0. The number of aliphatic imine (C=N–C) groups is 2. The molecule has 0 radical (unpaired) electrons. The summed E-state index contributed by atoms with van der Waals surface area (Å²) in [5, 5.41) is 0. The third-order valence-electron chi connectivity index (χ3n) is 4.62. The van der Waals surface area contributed by atoms with Crippen LogP contribution in [0.5, 0.6) is 0 Å². The van der Waals surface area contributed by atoms with Gasteiger partial charge in [-0.3, -0.25) is 4.90 Å². The molecule has 1 aliphatic rings. The van der Waals surface area contributed by atoms with Gasteiger partial charge >= 0.3 is 0 Å². The fraction of sp³-hybridized carbons (Fsp3) is 0.167. The van der Waals surface area contributed by atoms with E-state index in [4.69, 9.17) is 9.98 Å². The number of rotatable bonds is 5. The normalized spacial score (nSPS) is 16.7. The van der Waals surface area contributed by atoms with Crippen LogP contribution in [-0.4, -0.2) is 42.2 Å². The molecule has 3 aromatic carbocycles. The number of benzene rings is 3. The van der Waals surface area contributed by atoms with Crippen LogP contribution in [0.3, 0.4) is 0 Å². The molecule has 0 fully saturated rings. The zero-order valence-corrected chi connectivity index (χ0v) is 16.2. The van der Waals surface area contributed by atoms with Gasteiger partial charge in [-0.1, -0.05) is 91.0 Å². The molecule has 28 heavy (non-hydrogen) atoms. The van der Waals surface area contributed by atoms with Crippen molar-refractivity contribution in [3.8, 4) is 0 Å². The van der Waals surface area contributed by atoms with Crippen LogP contribution in [0.15, 0.2) is 101 Å². The smallest absolute Gasteiger partial charge is 0.159 e. The molecule has 1 heterocycles. The van der Waals surface area contributed by atoms with Gasteiger partial charge in [-0.25, -0.2) is 9.98 Å². The molecule has 0 amide bonds. The zero-order chi connectivity index (χ0) is 19.3. The van der Waals surface area contributed by atoms with Crippen molar-refractivity contribution in [1.29, 1.82) is 0 Å². The first-order valence-electron chi connectivity index (χ1n) is 9.46. The third-order valence-corrected chi connectivity index (χ3v) is 4.62. The second-order valence-corrected chi connectivity index (χ2v) is 7.10. The summed E-state index contributed by atoms with van der Waals surface area (Å²) in [6.45, 7) is 0.721. The van der Waals surface area contributed by atoms with Crippen LogP contribution in [0.4, 0.5) is 0 Å². The molecule has 1 unspecified atom stereocenters. The Labute approximate surface area is 166 Å². The molecule has 0 saturated heterocycles. The molecule has 1 aliphatic heterocycles. The highest BCUT2D eigenvalue weighted by molar-refractivity contribution is 6.12. The van der Waals surface area contributed by atoms with E-state index in [1.165, 1.54) is 0 Å². The topological polar surface area (TPSA) is 31.2 Å². The summed E-state index contributed by atoms with van der Waals surface area (Å²) < 4.78 is 0. The van der Waals surface area contributed by atoms with E-state index in [1.54, 1.807) is 0 Å². The predicted molar refractivity (Wildman–Crippen MR) is 116 cm³/mol. The average Bonchev–Trinajstić information content (AvgIpc) is 2.75. The van der Waals surface area contributed by atoms with Crippen LogP contribution < -0.4 is 0 Å². The molecular formula is C24H24N4. The van der Waals surface area contributed by atoms with Crippen molar-refractivity contribution in [2.24, 2.45) is 9.98 Å². The average molecular weight is 368 g/mol. The van der Waals surface area contributed by atoms with E-state index < -0.39 is 0 Å². The standard InChI is InChI=1S/C24H24N4/c1-27(2)18-28-23(20-14-8-4-9-15-20)25-22(19-12-6-3-7-13-19)26-24(28)21-16-10-5-11-17-21/h3-17,23H,18H2,1-2H3. The first-order chi connectivity index (χ1) is 13.7. The summed E-state index contributed by atoms with van der Waals surface area (Å²) in [5.41, 5.74) is 3.27. The van der Waals surface area contributed by atoms with Gasteiger partial charge in [-0.2, -0.15) is 0 Å². The summed E-state index contributed by atoms with van der Waals surface area (Å²) >= 11 is 0. The third kappa shape index (κ3) is 3.87. The molecule has 4 heteroatoms. The quantitative estimate of drug-likeness (QED) is 0.668. The SMILES string of the molecule is CN(C)CN1C(c2ccccc2)=NC(c2ccccc2)=NC1c1ccccc1. The van der Waals surface area contributed by atoms with Gasteiger partial charge in [0.2, 0.25) is 0 Å². The Hall–Kier alpha value is -3.24. The summed E-state index contributed by atoms with van der Waals surface area (Å²) in [4.78, 5) is 14.5. The van der Waals surface area contributed by atoms with Crippen LogP contribution in [0.25, 0.3) is 0 Å². The Balaban J connectivity index is 1.87. The molecule has 1 atom stereocenters. The highest BCUT2D eigenvalue weighted by Gasteiger charge is 2.29. The van der Waals surface area contributed by atoms with E-state index in [0.717, 1.165) is 35.0 Å². The Morgan fingerprint density at radius 1 is 0.750 bits per heavy atom. The minimum absolute atomic E-state index is 0.133. The molecule has 3 aromatic rings. The van der Waals surface area contributed by atoms with Crippen LogP contribution >= 0.6 is 0 Å². The highest BCUT2D eigenvalue weighted by Crippen LogP contribution is 2.29. The van der Waals surface area contributed by atoms with Gasteiger partial charge < -0.3 is 4.90 Å². The lowest BCUT2D eigenvalue weighted by molar-refractivity contribution is 0.210. The molecule has 0 bridgehead atoms. The first kappa shape index (κ1) is 18.1. The lowest BCUT2D eigenvalue weighted by Gasteiger charge is -2.37. The molecule has 0 aliphatic carbocycles. The van der Waals surface area contributed by atoms with E-state index in [2.05, 4.69) is 84.6 Å². The summed E-state index contributed by atoms with van der Waals surface area (Å²) in [6.07, 6.45) is -0.133. The molecule has 140 valence electrons. The van der Waals surface area contributed by atoms with E-state index in [0.29, 0.717) is 0 Å². The van der Waals surface area contributed by atoms with Crippen LogP contribution in [-0.2, 0) is 0 Å². The monoisotopic (exact) mass is 368 g/mol. The Kier molecular flexibility index (Phi) is 5.31. The van der Waals surface area contributed by atoms with Gasteiger partial charge in [0.15, 0.2) is 12.0 Å². The molecule has 4 nitrogen and oxygen atoms in total. The fourth-order valence-corrected chi connectivity index (χ4v) is 3.37. The predicted octanol–water partition coefficient (Wildman–Crippen LogP) is 4.41. The van der Waals surface area contributed by atoms with E-state index >= 15 is 0 Å². The lowest BCUT2D eigenvalue weighted by atomic mass is 10.1. The minimum Gasteiger partial charge on any atom is -0.317 e. The molecule has 0 spiro atoms. The van der Waals surface area contributed by atoms with E-state index in [1.807, 2.05) is 30.3 Å². The minimum atomic E-state index is -0.133. The molecule has 0 saturated carbocycles. The van der Waals surface area contributed by atoms with E-state index in [-0.39, 0.29) is 6.17 Å². The Morgan fingerprint density at radius 2 is 1.29 bits per heavy atom. The fourth-order valence-electron chi connectivity index (χ4n) is 3.37. The van der Waals surface area contributed by atoms with Gasteiger partial charge in [0.05, 0.1) is 6.67 Å².